The SMILES string of the molecule is C=CC=C.C=Cc1ccccc1C(C)(C)C. The molecule has 0 N–H and O–H groups in total. The number of rotatable bonds is 2. The number of allylic oxidation sites excluding steroid dienone is 2. The molecule has 0 aliphatic rings. The summed E-state index contributed by atoms with van der Waals surface area (Å²) in [6.45, 7) is 17.2. The van der Waals surface area contributed by atoms with Gasteiger partial charge in [-0.3, -0.25) is 0 Å². The lowest BCUT2D eigenvalue weighted by Gasteiger charge is -2.21. The second kappa shape index (κ2) is 6.84. The molecule has 0 saturated carbocycles. The van der Waals surface area contributed by atoms with Gasteiger partial charge >= 0.3 is 0 Å². The monoisotopic (exact) mass is 214 g/mol. The molecule has 86 valence electrons. The lowest BCUT2D eigenvalue weighted by atomic mass is 9.84. The van der Waals surface area contributed by atoms with E-state index in [4.69, 9.17) is 0 Å². The molecule has 16 heavy (non-hydrogen) atoms. The van der Waals surface area contributed by atoms with Crippen LogP contribution in [0.25, 0.3) is 6.08 Å². The fourth-order valence-electron chi connectivity index (χ4n) is 1.36. The van der Waals surface area contributed by atoms with E-state index in [0.29, 0.717) is 0 Å². The number of hydrogen-bond acceptors (Lipinski definition) is 0. The van der Waals surface area contributed by atoms with Crippen LogP contribution in [0.1, 0.15) is 31.9 Å². The molecule has 0 aliphatic carbocycles. The Morgan fingerprint density at radius 1 is 0.938 bits per heavy atom. The third-order valence-electron chi connectivity index (χ3n) is 2.16. The molecule has 0 aromatic heterocycles. The molecule has 1 aromatic carbocycles. The van der Waals surface area contributed by atoms with Gasteiger partial charge in [0, 0.05) is 0 Å². The molecule has 0 aliphatic heterocycles. The van der Waals surface area contributed by atoms with Crippen LogP contribution in [0.3, 0.4) is 0 Å². The van der Waals surface area contributed by atoms with Crippen LogP contribution in [0.4, 0.5) is 0 Å². The largest absolute Gasteiger partial charge is 0.0991 e. The molecule has 0 heterocycles. The van der Waals surface area contributed by atoms with Crippen LogP contribution in [0, 0.1) is 0 Å². The van der Waals surface area contributed by atoms with E-state index in [1.807, 2.05) is 12.1 Å². The maximum Gasteiger partial charge on any atom is -0.0126 e. The zero-order chi connectivity index (χ0) is 12.6. The maximum atomic E-state index is 3.81. The van der Waals surface area contributed by atoms with E-state index in [9.17, 15) is 0 Å². The van der Waals surface area contributed by atoms with Crippen LogP contribution in [0.2, 0.25) is 0 Å². The summed E-state index contributed by atoms with van der Waals surface area (Å²) in [5.41, 5.74) is 2.81. The minimum absolute atomic E-state index is 0.213. The Labute approximate surface area is 100 Å². The van der Waals surface area contributed by atoms with E-state index in [1.165, 1.54) is 11.1 Å². The standard InChI is InChI=1S/C12H16.C4H6/c1-5-10-8-6-7-9-11(10)12(2,3)4;1-3-4-2/h5-9H,1H2,2-4H3;3-4H,1-2H2. The summed E-state index contributed by atoms with van der Waals surface area (Å²) in [5.74, 6) is 0. The van der Waals surface area contributed by atoms with Crippen LogP contribution >= 0.6 is 0 Å². The van der Waals surface area contributed by atoms with Gasteiger partial charge in [-0.2, -0.15) is 0 Å². The summed E-state index contributed by atoms with van der Waals surface area (Å²) in [6.07, 6.45) is 5.20. The number of hydrogen-bond donors (Lipinski definition) is 0. The topological polar surface area (TPSA) is 0 Å². The Morgan fingerprint density at radius 3 is 1.75 bits per heavy atom. The molecule has 0 unspecified atom stereocenters. The molecule has 0 atom stereocenters. The normalized spacial score (nSPS) is 9.69. The zero-order valence-corrected chi connectivity index (χ0v) is 10.7. The van der Waals surface area contributed by atoms with Gasteiger partial charge in [0.1, 0.15) is 0 Å². The van der Waals surface area contributed by atoms with Crippen molar-refractivity contribution in [1.82, 2.24) is 0 Å². The summed E-state index contributed by atoms with van der Waals surface area (Å²) in [5, 5.41) is 0. The van der Waals surface area contributed by atoms with Gasteiger partial charge in [0.15, 0.2) is 0 Å². The predicted octanol–water partition coefficient (Wildman–Crippen LogP) is 4.99. The smallest absolute Gasteiger partial charge is 0.0126 e. The quantitative estimate of drug-likeness (QED) is 0.609. The Bertz CT molecular complexity index is 345. The fourth-order valence-corrected chi connectivity index (χ4v) is 1.36. The molecular formula is C16H22. The van der Waals surface area contributed by atoms with Crippen LogP contribution in [0.5, 0.6) is 0 Å². The second-order valence-corrected chi connectivity index (χ2v) is 4.51. The van der Waals surface area contributed by atoms with E-state index in [-0.39, 0.29) is 5.41 Å². The first-order valence-corrected chi connectivity index (χ1v) is 5.42. The molecule has 1 rings (SSSR count). The third-order valence-corrected chi connectivity index (χ3v) is 2.16. The summed E-state index contributed by atoms with van der Waals surface area (Å²) < 4.78 is 0. The average molecular weight is 214 g/mol. The van der Waals surface area contributed by atoms with Gasteiger partial charge < -0.3 is 0 Å². The summed E-state index contributed by atoms with van der Waals surface area (Å²) in [6, 6.07) is 8.39. The molecule has 0 fully saturated rings. The van der Waals surface area contributed by atoms with Crippen molar-refractivity contribution in [2.75, 3.05) is 0 Å². The Kier molecular flexibility index (Phi) is 6.17. The minimum atomic E-state index is 0.213. The van der Waals surface area contributed by atoms with E-state index in [0.717, 1.165) is 0 Å². The number of benzene rings is 1. The van der Waals surface area contributed by atoms with Crippen molar-refractivity contribution >= 4 is 6.08 Å². The molecule has 1 aromatic rings. The predicted molar refractivity (Wildman–Crippen MR) is 75.6 cm³/mol. The highest BCUT2D eigenvalue weighted by atomic mass is 14.2. The minimum Gasteiger partial charge on any atom is -0.0991 e. The second-order valence-electron chi connectivity index (χ2n) is 4.51. The third kappa shape index (κ3) is 4.79. The maximum absolute atomic E-state index is 3.81. The van der Waals surface area contributed by atoms with Crippen molar-refractivity contribution in [3.8, 4) is 0 Å². The van der Waals surface area contributed by atoms with Crippen molar-refractivity contribution in [2.24, 2.45) is 0 Å². The van der Waals surface area contributed by atoms with Crippen LogP contribution in [0.15, 0.2) is 56.2 Å². The van der Waals surface area contributed by atoms with Crippen LogP contribution in [-0.2, 0) is 5.41 Å². The highest BCUT2D eigenvalue weighted by Crippen LogP contribution is 2.25. The first-order chi connectivity index (χ1) is 7.47. The highest BCUT2D eigenvalue weighted by Gasteiger charge is 2.15. The van der Waals surface area contributed by atoms with Crippen molar-refractivity contribution < 1.29 is 0 Å². The van der Waals surface area contributed by atoms with Crippen molar-refractivity contribution in [2.45, 2.75) is 26.2 Å². The summed E-state index contributed by atoms with van der Waals surface area (Å²) in [7, 11) is 0. The van der Waals surface area contributed by atoms with Crippen LogP contribution < -0.4 is 0 Å². The Morgan fingerprint density at radius 2 is 1.44 bits per heavy atom. The average Bonchev–Trinajstić information content (AvgIpc) is 2.28. The van der Waals surface area contributed by atoms with E-state index >= 15 is 0 Å². The summed E-state index contributed by atoms with van der Waals surface area (Å²) >= 11 is 0. The van der Waals surface area contributed by atoms with Crippen LogP contribution in [-0.4, -0.2) is 0 Å². The van der Waals surface area contributed by atoms with Gasteiger partial charge in [0.2, 0.25) is 0 Å². The van der Waals surface area contributed by atoms with E-state index in [1.54, 1.807) is 12.2 Å². The zero-order valence-electron chi connectivity index (χ0n) is 10.7. The van der Waals surface area contributed by atoms with Crippen molar-refractivity contribution in [3.05, 3.63) is 67.3 Å². The lowest BCUT2D eigenvalue weighted by molar-refractivity contribution is 0.589. The molecule has 0 nitrogen and oxygen atoms in total. The molecular weight excluding hydrogens is 192 g/mol. The van der Waals surface area contributed by atoms with Gasteiger partial charge in [-0.05, 0) is 16.5 Å². The van der Waals surface area contributed by atoms with E-state index < -0.39 is 0 Å². The molecule has 0 saturated heterocycles. The Hall–Kier alpha value is -1.56. The Balaban J connectivity index is 0.000000487. The lowest BCUT2D eigenvalue weighted by Crippen LogP contribution is -2.12. The van der Waals surface area contributed by atoms with Gasteiger partial charge in [-0.1, -0.05) is 83.0 Å². The highest BCUT2D eigenvalue weighted by molar-refractivity contribution is 5.53. The van der Waals surface area contributed by atoms with Crippen molar-refractivity contribution in [1.29, 1.82) is 0 Å². The molecule has 0 spiro atoms. The molecule has 0 heteroatoms. The van der Waals surface area contributed by atoms with Gasteiger partial charge in [-0.25, -0.2) is 0 Å². The molecule has 0 bridgehead atoms. The first kappa shape index (κ1) is 14.4. The molecule has 0 radical (unpaired) electrons. The van der Waals surface area contributed by atoms with Crippen molar-refractivity contribution in [3.63, 3.8) is 0 Å². The molecule has 0 amide bonds. The van der Waals surface area contributed by atoms with Gasteiger partial charge in [0.05, 0.1) is 0 Å². The van der Waals surface area contributed by atoms with Gasteiger partial charge in [0.25, 0.3) is 0 Å². The fraction of sp³-hybridized carbons (Fsp3) is 0.250. The van der Waals surface area contributed by atoms with E-state index in [2.05, 4.69) is 58.7 Å². The van der Waals surface area contributed by atoms with Gasteiger partial charge in [-0.15, -0.1) is 0 Å². The first-order valence-electron chi connectivity index (χ1n) is 5.42. The summed E-state index contributed by atoms with van der Waals surface area (Å²) in [4.78, 5) is 0.